The Hall–Kier alpha value is -1.54. The number of nitrogens with zero attached hydrogens (tertiary/aromatic N) is 1. The van der Waals surface area contributed by atoms with Crippen molar-refractivity contribution in [2.45, 2.75) is 45.2 Å². The Kier molecular flexibility index (Phi) is 3.93. The average molecular weight is 268 g/mol. The van der Waals surface area contributed by atoms with Gasteiger partial charge in [0.25, 0.3) is 0 Å². The fourth-order valence-corrected chi connectivity index (χ4v) is 2.85. The quantitative estimate of drug-likeness (QED) is 0.796. The van der Waals surface area contributed by atoms with Gasteiger partial charge in [-0.25, -0.2) is 0 Å². The standard InChI is InChI=1S/C18H24N2/c1-2-3-10-20(17-8-9-17)13-16-11-14-6-4-5-7-15(14)12-18(16)19/h4-7,11-12,17H,2-3,8-10,13,19H2,1H3. The van der Waals surface area contributed by atoms with Gasteiger partial charge in [0.05, 0.1) is 0 Å². The predicted molar refractivity (Wildman–Crippen MR) is 86.7 cm³/mol. The summed E-state index contributed by atoms with van der Waals surface area (Å²) in [7, 11) is 0. The van der Waals surface area contributed by atoms with Gasteiger partial charge in [-0.1, -0.05) is 37.6 Å². The molecule has 2 aromatic carbocycles. The summed E-state index contributed by atoms with van der Waals surface area (Å²) in [5.74, 6) is 0. The molecule has 2 heteroatoms. The van der Waals surface area contributed by atoms with Gasteiger partial charge in [0.1, 0.15) is 0 Å². The number of anilines is 1. The van der Waals surface area contributed by atoms with Crippen molar-refractivity contribution >= 4 is 16.5 Å². The summed E-state index contributed by atoms with van der Waals surface area (Å²) in [6.45, 7) is 4.46. The van der Waals surface area contributed by atoms with Crippen molar-refractivity contribution in [3.05, 3.63) is 42.0 Å². The molecule has 2 aromatic rings. The third-order valence-electron chi connectivity index (χ3n) is 4.24. The molecule has 0 spiro atoms. The van der Waals surface area contributed by atoms with E-state index in [1.807, 2.05) is 0 Å². The summed E-state index contributed by atoms with van der Waals surface area (Å²) in [5.41, 5.74) is 8.48. The van der Waals surface area contributed by atoms with Crippen LogP contribution in [0, 0.1) is 0 Å². The second kappa shape index (κ2) is 5.84. The molecule has 1 aliphatic rings. The highest BCUT2D eigenvalue weighted by Crippen LogP contribution is 2.30. The first-order valence-electron chi connectivity index (χ1n) is 7.79. The van der Waals surface area contributed by atoms with Gasteiger partial charge in [0.2, 0.25) is 0 Å². The van der Waals surface area contributed by atoms with E-state index in [4.69, 9.17) is 5.73 Å². The van der Waals surface area contributed by atoms with E-state index in [1.165, 1.54) is 48.6 Å². The minimum Gasteiger partial charge on any atom is -0.398 e. The van der Waals surface area contributed by atoms with Gasteiger partial charge in [-0.3, -0.25) is 4.90 Å². The lowest BCUT2D eigenvalue weighted by Gasteiger charge is -2.23. The topological polar surface area (TPSA) is 29.3 Å². The number of hydrogen-bond acceptors (Lipinski definition) is 2. The van der Waals surface area contributed by atoms with Crippen LogP contribution in [0.4, 0.5) is 5.69 Å². The highest BCUT2D eigenvalue weighted by atomic mass is 15.2. The fourth-order valence-electron chi connectivity index (χ4n) is 2.85. The Morgan fingerprint density at radius 3 is 2.50 bits per heavy atom. The van der Waals surface area contributed by atoms with Crippen LogP contribution in [-0.2, 0) is 6.54 Å². The van der Waals surface area contributed by atoms with Crippen LogP contribution in [-0.4, -0.2) is 17.5 Å². The van der Waals surface area contributed by atoms with Crippen LogP contribution >= 0.6 is 0 Å². The smallest absolute Gasteiger partial charge is 0.0366 e. The third-order valence-corrected chi connectivity index (χ3v) is 4.24. The number of fused-ring (bicyclic) bond motifs is 1. The summed E-state index contributed by atoms with van der Waals surface area (Å²) in [6.07, 6.45) is 5.26. The van der Waals surface area contributed by atoms with Crippen LogP contribution in [0.2, 0.25) is 0 Å². The van der Waals surface area contributed by atoms with Crippen LogP contribution in [0.25, 0.3) is 10.8 Å². The Bertz CT molecular complexity index is 587. The second-order valence-corrected chi connectivity index (χ2v) is 5.95. The molecule has 0 aromatic heterocycles. The number of unbranched alkanes of at least 4 members (excludes halogenated alkanes) is 1. The van der Waals surface area contributed by atoms with Crippen LogP contribution in [0.1, 0.15) is 38.2 Å². The molecule has 0 radical (unpaired) electrons. The van der Waals surface area contributed by atoms with Crippen LogP contribution in [0.3, 0.4) is 0 Å². The SMILES string of the molecule is CCCCN(Cc1cc2ccccc2cc1N)C1CC1. The maximum Gasteiger partial charge on any atom is 0.0366 e. The van der Waals surface area contributed by atoms with Crippen molar-refractivity contribution in [2.75, 3.05) is 12.3 Å². The van der Waals surface area contributed by atoms with E-state index in [0.717, 1.165) is 18.3 Å². The van der Waals surface area contributed by atoms with E-state index in [0.29, 0.717) is 0 Å². The van der Waals surface area contributed by atoms with Gasteiger partial charge in [-0.15, -0.1) is 0 Å². The number of nitrogens with two attached hydrogens (primary N) is 1. The fraction of sp³-hybridized carbons (Fsp3) is 0.444. The van der Waals surface area contributed by atoms with Gasteiger partial charge in [-0.2, -0.15) is 0 Å². The van der Waals surface area contributed by atoms with E-state index in [2.05, 4.69) is 48.2 Å². The van der Waals surface area contributed by atoms with Crippen molar-refractivity contribution < 1.29 is 0 Å². The lowest BCUT2D eigenvalue weighted by atomic mass is 10.0. The third kappa shape index (κ3) is 2.96. The van der Waals surface area contributed by atoms with Gasteiger partial charge in [-0.05, 0) is 54.3 Å². The summed E-state index contributed by atoms with van der Waals surface area (Å²) < 4.78 is 0. The number of nitrogen functional groups attached to an aromatic ring is 1. The van der Waals surface area contributed by atoms with E-state index in [1.54, 1.807) is 0 Å². The molecule has 0 saturated heterocycles. The first-order chi connectivity index (χ1) is 9.78. The molecule has 1 saturated carbocycles. The molecule has 1 aliphatic carbocycles. The van der Waals surface area contributed by atoms with Crippen LogP contribution in [0.15, 0.2) is 36.4 Å². The lowest BCUT2D eigenvalue weighted by molar-refractivity contribution is 0.251. The molecular formula is C18H24N2. The van der Waals surface area contributed by atoms with E-state index >= 15 is 0 Å². The maximum absolute atomic E-state index is 6.26. The molecule has 0 unspecified atom stereocenters. The van der Waals surface area contributed by atoms with Crippen LogP contribution < -0.4 is 5.73 Å². The van der Waals surface area contributed by atoms with Crippen molar-refractivity contribution in [2.24, 2.45) is 0 Å². The Morgan fingerprint density at radius 1 is 1.15 bits per heavy atom. The Morgan fingerprint density at radius 2 is 1.85 bits per heavy atom. The minimum absolute atomic E-state index is 0.799. The number of rotatable bonds is 6. The van der Waals surface area contributed by atoms with Gasteiger partial charge in [0.15, 0.2) is 0 Å². The highest BCUT2D eigenvalue weighted by molar-refractivity contribution is 5.86. The minimum atomic E-state index is 0.799. The molecule has 2 N–H and O–H groups in total. The summed E-state index contributed by atoms with van der Waals surface area (Å²) in [4.78, 5) is 2.62. The van der Waals surface area contributed by atoms with E-state index in [-0.39, 0.29) is 0 Å². The zero-order valence-corrected chi connectivity index (χ0v) is 12.3. The Balaban J connectivity index is 1.83. The average Bonchev–Trinajstić information content (AvgIpc) is 3.28. The van der Waals surface area contributed by atoms with Gasteiger partial charge in [0, 0.05) is 18.3 Å². The van der Waals surface area contributed by atoms with Crippen LogP contribution in [0.5, 0.6) is 0 Å². The molecule has 3 rings (SSSR count). The molecule has 1 fully saturated rings. The zero-order valence-electron chi connectivity index (χ0n) is 12.3. The number of benzene rings is 2. The lowest BCUT2D eigenvalue weighted by Crippen LogP contribution is -2.27. The first-order valence-corrected chi connectivity index (χ1v) is 7.79. The molecule has 0 bridgehead atoms. The zero-order chi connectivity index (χ0) is 13.9. The number of hydrogen-bond donors (Lipinski definition) is 1. The molecule has 106 valence electrons. The molecular weight excluding hydrogens is 244 g/mol. The predicted octanol–water partition coefficient (Wildman–Crippen LogP) is 4.19. The van der Waals surface area contributed by atoms with E-state index < -0.39 is 0 Å². The van der Waals surface area contributed by atoms with Crippen molar-refractivity contribution in [3.63, 3.8) is 0 Å². The van der Waals surface area contributed by atoms with Gasteiger partial charge < -0.3 is 5.73 Å². The van der Waals surface area contributed by atoms with Gasteiger partial charge >= 0.3 is 0 Å². The van der Waals surface area contributed by atoms with Crippen molar-refractivity contribution in [3.8, 4) is 0 Å². The first kappa shape index (κ1) is 13.4. The molecule has 0 atom stereocenters. The van der Waals surface area contributed by atoms with Crippen molar-refractivity contribution in [1.29, 1.82) is 0 Å². The summed E-state index contributed by atoms with van der Waals surface area (Å²) in [6, 6.07) is 13.7. The summed E-state index contributed by atoms with van der Waals surface area (Å²) >= 11 is 0. The summed E-state index contributed by atoms with van der Waals surface area (Å²) in [5, 5.41) is 2.53. The molecule has 2 nitrogen and oxygen atoms in total. The van der Waals surface area contributed by atoms with Crippen molar-refractivity contribution in [1.82, 2.24) is 4.90 Å². The monoisotopic (exact) mass is 268 g/mol. The maximum atomic E-state index is 6.26. The second-order valence-electron chi connectivity index (χ2n) is 5.95. The molecule has 0 aliphatic heterocycles. The van der Waals surface area contributed by atoms with E-state index in [9.17, 15) is 0 Å². The normalized spacial score (nSPS) is 15.1. The molecule has 0 heterocycles. The Labute approximate surface area is 121 Å². The molecule has 20 heavy (non-hydrogen) atoms. The molecule has 0 amide bonds. The highest BCUT2D eigenvalue weighted by Gasteiger charge is 2.28. The largest absolute Gasteiger partial charge is 0.398 e.